The molecule has 0 aliphatic carbocycles. The predicted octanol–water partition coefficient (Wildman–Crippen LogP) is 4.80. The highest BCUT2D eigenvalue weighted by Gasteiger charge is 2.30. The lowest BCUT2D eigenvalue weighted by molar-refractivity contribution is -0.137. The van der Waals surface area contributed by atoms with Crippen LogP contribution in [0.25, 0.3) is 0 Å². The van der Waals surface area contributed by atoms with Gasteiger partial charge in [0, 0.05) is 37.7 Å². The molecule has 0 aliphatic heterocycles. The first-order chi connectivity index (χ1) is 14.0. The molecular formula is C21H25F3N4O2. The average molecular weight is 422 g/mol. The van der Waals surface area contributed by atoms with Crippen molar-refractivity contribution in [2.75, 3.05) is 36.2 Å². The summed E-state index contributed by atoms with van der Waals surface area (Å²) in [5, 5.41) is 7.75. The van der Waals surface area contributed by atoms with Crippen LogP contribution >= 0.6 is 0 Å². The first-order valence-electron chi connectivity index (χ1n) is 9.32. The Kier molecular flexibility index (Phi) is 7.31. The molecule has 0 saturated heterocycles. The number of halogens is 3. The van der Waals surface area contributed by atoms with Crippen LogP contribution in [0.3, 0.4) is 0 Å². The van der Waals surface area contributed by atoms with Crippen LogP contribution in [-0.4, -0.2) is 32.6 Å². The summed E-state index contributed by atoms with van der Waals surface area (Å²) in [5.74, 6) is -0.00867. The fraction of sp³-hybridized carbons (Fsp3) is 0.333. The number of amides is 3. The molecule has 2 rings (SSSR count). The Balaban J connectivity index is 2.17. The van der Waals surface area contributed by atoms with Gasteiger partial charge in [0.25, 0.3) is 5.91 Å². The van der Waals surface area contributed by atoms with Gasteiger partial charge in [0.15, 0.2) is 0 Å². The van der Waals surface area contributed by atoms with Crippen LogP contribution in [0.2, 0.25) is 0 Å². The van der Waals surface area contributed by atoms with E-state index in [1.165, 1.54) is 18.2 Å². The van der Waals surface area contributed by atoms with Gasteiger partial charge in [0.1, 0.15) is 0 Å². The van der Waals surface area contributed by atoms with E-state index in [2.05, 4.69) is 16.0 Å². The van der Waals surface area contributed by atoms with Crippen LogP contribution in [0.1, 0.15) is 29.8 Å². The number of alkyl halides is 3. The fourth-order valence-corrected chi connectivity index (χ4v) is 2.64. The summed E-state index contributed by atoms with van der Waals surface area (Å²) in [6.45, 7) is 4.45. The van der Waals surface area contributed by atoms with E-state index in [1.54, 1.807) is 31.1 Å². The van der Waals surface area contributed by atoms with Crippen molar-refractivity contribution in [1.82, 2.24) is 5.32 Å². The zero-order chi connectivity index (χ0) is 22.5. The third-order valence-corrected chi connectivity index (χ3v) is 4.10. The molecule has 30 heavy (non-hydrogen) atoms. The lowest BCUT2D eigenvalue weighted by Gasteiger charge is -2.19. The van der Waals surface area contributed by atoms with Crippen LogP contribution in [0.15, 0.2) is 42.5 Å². The van der Waals surface area contributed by atoms with Gasteiger partial charge in [-0.3, -0.25) is 4.79 Å². The number of rotatable bonds is 6. The topological polar surface area (TPSA) is 73.5 Å². The minimum absolute atomic E-state index is 0.00198. The van der Waals surface area contributed by atoms with E-state index >= 15 is 0 Å². The van der Waals surface area contributed by atoms with Crippen LogP contribution < -0.4 is 20.9 Å². The Morgan fingerprint density at radius 2 is 1.63 bits per heavy atom. The zero-order valence-electron chi connectivity index (χ0n) is 17.2. The summed E-state index contributed by atoms with van der Waals surface area (Å²) in [4.78, 5) is 26.6. The molecule has 0 radical (unpaired) electrons. The largest absolute Gasteiger partial charge is 0.416 e. The second-order valence-corrected chi connectivity index (χ2v) is 7.39. The molecule has 6 nitrogen and oxygen atoms in total. The summed E-state index contributed by atoms with van der Waals surface area (Å²) >= 11 is 0. The molecule has 0 spiro atoms. The summed E-state index contributed by atoms with van der Waals surface area (Å²) in [6, 6.07) is 8.43. The number of carbonyl (C=O) groups excluding carboxylic acids is 2. The highest BCUT2D eigenvalue weighted by atomic mass is 19.4. The summed E-state index contributed by atoms with van der Waals surface area (Å²) in [7, 11) is 3.59. The number of urea groups is 1. The van der Waals surface area contributed by atoms with Gasteiger partial charge in [-0.15, -0.1) is 0 Å². The van der Waals surface area contributed by atoms with E-state index in [9.17, 15) is 22.8 Å². The molecule has 0 heterocycles. The molecule has 0 fully saturated rings. The number of anilines is 3. The maximum absolute atomic E-state index is 12.8. The molecule has 0 unspecified atom stereocenters. The van der Waals surface area contributed by atoms with Crippen molar-refractivity contribution in [3.05, 3.63) is 53.6 Å². The maximum Gasteiger partial charge on any atom is 0.416 e. The van der Waals surface area contributed by atoms with Crippen LogP contribution in [-0.2, 0) is 6.18 Å². The minimum atomic E-state index is -4.51. The van der Waals surface area contributed by atoms with Gasteiger partial charge in [0.05, 0.1) is 11.1 Å². The van der Waals surface area contributed by atoms with Crippen molar-refractivity contribution >= 4 is 29.0 Å². The number of carbonyl (C=O) groups is 2. The smallest absolute Gasteiger partial charge is 0.377 e. The van der Waals surface area contributed by atoms with Gasteiger partial charge in [-0.05, 0) is 42.3 Å². The van der Waals surface area contributed by atoms with Crippen LogP contribution in [0.4, 0.5) is 35.0 Å². The fourth-order valence-electron chi connectivity index (χ4n) is 2.64. The number of nitrogens with one attached hydrogen (secondary N) is 3. The molecule has 2 aromatic rings. The Bertz CT molecular complexity index is 911. The SMILES string of the molecule is CC(C)CNC(=O)c1cc(NC(=O)Nc2cccc(C(F)(F)F)c2)ccc1N(C)C. The van der Waals surface area contributed by atoms with Crippen LogP contribution in [0, 0.1) is 5.92 Å². The van der Waals surface area contributed by atoms with Gasteiger partial charge in [-0.25, -0.2) is 4.79 Å². The molecule has 162 valence electrons. The molecule has 0 aliphatic rings. The van der Waals surface area contributed by atoms with E-state index in [-0.39, 0.29) is 17.5 Å². The normalized spacial score (nSPS) is 11.2. The Hall–Kier alpha value is -3.23. The summed E-state index contributed by atoms with van der Waals surface area (Å²) in [6.07, 6.45) is -4.51. The maximum atomic E-state index is 12.8. The monoisotopic (exact) mass is 422 g/mol. The Morgan fingerprint density at radius 3 is 2.20 bits per heavy atom. The first kappa shape index (κ1) is 23.1. The van der Waals surface area contributed by atoms with Gasteiger partial charge in [-0.1, -0.05) is 19.9 Å². The second kappa shape index (κ2) is 9.51. The first-order valence-corrected chi connectivity index (χ1v) is 9.32. The number of benzene rings is 2. The Labute approximate surface area is 173 Å². The van der Waals surface area contributed by atoms with Crippen LogP contribution in [0.5, 0.6) is 0 Å². The molecule has 9 heteroatoms. The molecule has 3 N–H and O–H groups in total. The third kappa shape index (κ3) is 6.40. The van der Waals surface area contributed by atoms with Crippen molar-refractivity contribution in [1.29, 1.82) is 0 Å². The van der Waals surface area contributed by atoms with E-state index in [1.807, 2.05) is 13.8 Å². The predicted molar refractivity (Wildman–Crippen MR) is 112 cm³/mol. The zero-order valence-corrected chi connectivity index (χ0v) is 17.2. The third-order valence-electron chi connectivity index (χ3n) is 4.10. The minimum Gasteiger partial charge on any atom is -0.377 e. The summed E-state index contributed by atoms with van der Waals surface area (Å²) in [5.41, 5.74) is 0.513. The van der Waals surface area contributed by atoms with Crippen molar-refractivity contribution in [2.24, 2.45) is 5.92 Å². The number of hydrogen-bond donors (Lipinski definition) is 3. The highest BCUT2D eigenvalue weighted by Crippen LogP contribution is 2.30. The van der Waals surface area contributed by atoms with Gasteiger partial charge in [0.2, 0.25) is 0 Å². The van der Waals surface area contributed by atoms with Gasteiger partial charge >= 0.3 is 12.2 Å². The van der Waals surface area contributed by atoms with Gasteiger partial charge in [-0.2, -0.15) is 13.2 Å². The second-order valence-electron chi connectivity index (χ2n) is 7.39. The number of hydrogen-bond acceptors (Lipinski definition) is 3. The van der Waals surface area contributed by atoms with Crippen molar-refractivity contribution < 1.29 is 22.8 Å². The van der Waals surface area contributed by atoms with Crippen molar-refractivity contribution in [3.63, 3.8) is 0 Å². The van der Waals surface area contributed by atoms with Crippen molar-refractivity contribution in [2.45, 2.75) is 20.0 Å². The molecule has 0 aromatic heterocycles. The lowest BCUT2D eigenvalue weighted by Crippen LogP contribution is -2.29. The molecule has 0 saturated carbocycles. The molecule has 2 aromatic carbocycles. The highest BCUT2D eigenvalue weighted by molar-refractivity contribution is 6.04. The molecular weight excluding hydrogens is 397 g/mol. The quantitative estimate of drug-likeness (QED) is 0.626. The molecule has 0 atom stereocenters. The number of nitrogens with zero attached hydrogens (tertiary/aromatic N) is 1. The summed E-state index contributed by atoms with van der Waals surface area (Å²) < 4.78 is 38.5. The Morgan fingerprint density at radius 1 is 1.00 bits per heavy atom. The van der Waals surface area contributed by atoms with Gasteiger partial charge < -0.3 is 20.9 Å². The molecule has 3 amide bonds. The van der Waals surface area contributed by atoms with E-state index in [0.29, 0.717) is 23.5 Å². The van der Waals surface area contributed by atoms with Crippen molar-refractivity contribution in [3.8, 4) is 0 Å². The van der Waals surface area contributed by atoms with E-state index in [4.69, 9.17) is 0 Å². The lowest BCUT2D eigenvalue weighted by atomic mass is 10.1. The van der Waals surface area contributed by atoms with E-state index in [0.717, 1.165) is 12.1 Å². The standard InChI is InChI=1S/C21H25F3N4O2/c1-13(2)12-25-19(29)17-11-16(8-9-18(17)28(3)4)27-20(30)26-15-7-5-6-14(10-15)21(22,23)24/h5-11,13H,12H2,1-4H3,(H,25,29)(H2,26,27,30). The average Bonchev–Trinajstić information content (AvgIpc) is 2.65. The molecule has 0 bridgehead atoms. The van der Waals surface area contributed by atoms with E-state index < -0.39 is 17.8 Å².